The van der Waals surface area contributed by atoms with Gasteiger partial charge < -0.3 is 10.1 Å². The van der Waals surface area contributed by atoms with E-state index in [-0.39, 0.29) is 0 Å². The third-order valence-electron chi connectivity index (χ3n) is 4.06. The molecule has 0 radical (unpaired) electrons. The van der Waals surface area contributed by atoms with Crippen LogP contribution in [-0.2, 0) is 0 Å². The molecule has 1 aromatic rings. The van der Waals surface area contributed by atoms with Crippen LogP contribution in [-0.4, -0.2) is 12.6 Å². The second-order valence-electron chi connectivity index (χ2n) is 5.65. The molecule has 106 valence electrons. The number of nitrogens with one attached hydrogen (secondary N) is 1. The van der Waals surface area contributed by atoms with Gasteiger partial charge in [0.1, 0.15) is 5.75 Å². The van der Waals surface area contributed by atoms with E-state index in [1.165, 1.54) is 37.8 Å². The zero-order chi connectivity index (χ0) is 13.5. The van der Waals surface area contributed by atoms with E-state index in [4.69, 9.17) is 4.74 Å². The van der Waals surface area contributed by atoms with E-state index in [1.807, 2.05) is 0 Å². The van der Waals surface area contributed by atoms with Crippen LogP contribution in [0.25, 0.3) is 0 Å². The molecule has 2 unspecified atom stereocenters. The first-order chi connectivity index (χ1) is 9.31. The minimum Gasteiger partial charge on any atom is -0.494 e. The summed E-state index contributed by atoms with van der Waals surface area (Å²) in [5.74, 6) is 1.89. The largest absolute Gasteiger partial charge is 0.494 e. The van der Waals surface area contributed by atoms with Crippen molar-refractivity contribution in [3.8, 4) is 5.75 Å². The topological polar surface area (TPSA) is 21.3 Å². The van der Waals surface area contributed by atoms with Gasteiger partial charge in [-0.05, 0) is 49.4 Å². The first kappa shape index (κ1) is 14.2. The van der Waals surface area contributed by atoms with Crippen LogP contribution in [0, 0.1) is 5.92 Å². The molecule has 0 bridgehead atoms. The molecule has 1 N–H and O–H groups in total. The summed E-state index contributed by atoms with van der Waals surface area (Å²) in [6.07, 6.45) is 7.80. The lowest BCUT2D eigenvalue weighted by molar-refractivity contribution is 0.317. The molecule has 0 aromatic heterocycles. The van der Waals surface area contributed by atoms with Crippen LogP contribution >= 0.6 is 0 Å². The highest BCUT2D eigenvalue weighted by Crippen LogP contribution is 2.29. The highest BCUT2D eigenvalue weighted by atomic mass is 16.5. The number of rotatable bonds is 6. The minimum atomic E-state index is 0.654. The summed E-state index contributed by atoms with van der Waals surface area (Å²) >= 11 is 0. The van der Waals surface area contributed by atoms with Crippen LogP contribution in [0.4, 0.5) is 5.69 Å². The van der Waals surface area contributed by atoms with E-state index in [1.54, 1.807) is 0 Å². The second kappa shape index (κ2) is 7.42. The zero-order valence-corrected chi connectivity index (χ0v) is 12.3. The van der Waals surface area contributed by atoms with E-state index in [9.17, 15) is 0 Å². The Morgan fingerprint density at radius 2 is 1.95 bits per heavy atom. The van der Waals surface area contributed by atoms with Crippen molar-refractivity contribution >= 4 is 5.69 Å². The molecule has 0 amide bonds. The Labute approximate surface area is 117 Å². The highest BCUT2D eigenvalue weighted by Gasteiger charge is 2.20. The standard InChI is InChI=1S/C17H27NO/c1-3-12-19-17-10-8-15(9-11-17)18-16-7-5-6-14(4-2)13-16/h8-11,14,16,18H,3-7,12-13H2,1-2H3. The van der Waals surface area contributed by atoms with Crippen LogP contribution in [0.2, 0.25) is 0 Å². The molecule has 2 atom stereocenters. The summed E-state index contributed by atoms with van der Waals surface area (Å²) in [5.41, 5.74) is 1.23. The lowest BCUT2D eigenvalue weighted by Crippen LogP contribution is -2.26. The molecule has 0 heterocycles. The average molecular weight is 261 g/mol. The molecule has 1 aliphatic rings. The number of hydrogen-bond donors (Lipinski definition) is 1. The third kappa shape index (κ3) is 4.45. The third-order valence-corrected chi connectivity index (χ3v) is 4.06. The summed E-state index contributed by atoms with van der Waals surface area (Å²) in [7, 11) is 0. The number of benzene rings is 1. The molecule has 0 saturated heterocycles. The smallest absolute Gasteiger partial charge is 0.119 e. The molecule has 2 rings (SSSR count). The van der Waals surface area contributed by atoms with Gasteiger partial charge in [0.15, 0.2) is 0 Å². The highest BCUT2D eigenvalue weighted by molar-refractivity contribution is 5.47. The maximum atomic E-state index is 5.61. The predicted octanol–water partition coefficient (Wildman–Crippen LogP) is 4.86. The normalized spacial score (nSPS) is 23.1. The molecule has 19 heavy (non-hydrogen) atoms. The maximum Gasteiger partial charge on any atom is 0.119 e. The summed E-state index contributed by atoms with van der Waals surface area (Å²) in [5, 5.41) is 3.67. The van der Waals surface area contributed by atoms with Crippen molar-refractivity contribution in [3.05, 3.63) is 24.3 Å². The van der Waals surface area contributed by atoms with E-state index >= 15 is 0 Å². The van der Waals surface area contributed by atoms with Gasteiger partial charge in [0.2, 0.25) is 0 Å². The van der Waals surface area contributed by atoms with Crippen molar-refractivity contribution in [2.24, 2.45) is 5.92 Å². The monoisotopic (exact) mass is 261 g/mol. The SMILES string of the molecule is CCCOc1ccc(NC2CCCC(CC)C2)cc1. The number of anilines is 1. The summed E-state index contributed by atoms with van der Waals surface area (Å²) in [6.45, 7) is 5.24. The first-order valence-corrected chi connectivity index (χ1v) is 7.81. The van der Waals surface area contributed by atoms with Crippen LogP contribution in [0.1, 0.15) is 52.4 Å². The second-order valence-corrected chi connectivity index (χ2v) is 5.65. The molecular formula is C17H27NO. The lowest BCUT2D eigenvalue weighted by Gasteiger charge is -2.29. The van der Waals surface area contributed by atoms with Crippen LogP contribution in [0.5, 0.6) is 5.75 Å². The number of ether oxygens (including phenoxy) is 1. The van der Waals surface area contributed by atoms with Gasteiger partial charge in [-0.2, -0.15) is 0 Å². The average Bonchev–Trinajstić information content (AvgIpc) is 2.47. The van der Waals surface area contributed by atoms with E-state index in [0.717, 1.165) is 24.7 Å². The fraction of sp³-hybridized carbons (Fsp3) is 0.647. The Hall–Kier alpha value is -1.18. The molecule has 2 heteroatoms. The fourth-order valence-corrected chi connectivity index (χ4v) is 2.90. The summed E-state index contributed by atoms with van der Waals surface area (Å²) in [4.78, 5) is 0. The van der Waals surface area contributed by atoms with Crippen molar-refractivity contribution in [3.63, 3.8) is 0 Å². The van der Waals surface area contributed by atoms with Crippen molar-refractivity contribution in [2.75, 3.05) is 11.9 Å². The Kier molecular flexibility index (Phi) is 5.56. The van der Waals surface area contributed by atoms with E-state index in [2.05, 4.69) is 43.4 Å². The molecule has 1 aliphatic carbocycles. The van der Waals surface area contributed by atoms with Gasteiger partial charge in [-0.25, -0.2) is 0 Å². The fourth-order valence-electron chi connectivity index (χ4n) is 2.90. The Bertz CT molecular complexity index is 360. The van der Waals surface area contributed by atoms with Crippen LogP contribution in [0.3, 0.4) is 0 Å². The van der Waals surface area contributed by atoms with Crippen LogP contribution < -0.4 is 10.1 Å². The predicted molar refractivity (Wildman–Crippen MR) is 81.9 cm³/mol. The van der Waals surface area contributed by atoms with E-state index in [0.29, 0.717) is 6.04 Å². The van der Waals surface area contributed by atoms with Gasteiger partial charge in [0, 0.05) is 11.7 Å². The summed E-state index contributed by atoms with van der Waals surface area (Å²) < 4.78 is 5.61. The quantitative estimate of drug-likeness (QED) is 0.790. The summed E-state index contributed by atoms with van der Waals surface area (Å²) in [6, 6.07) is 9.07. The molecule has 1 fully saturated rings. The van der Waals surface area contributed by atoms with Crippen LogP contribution in [0.15, 0.2) is 24.3 Å². The molecule has 1 saturated carbocycles. The number of hydrogen-bond acceptors (Lipinski definition) is 2. The minimum absolute atomic E-state index is 0.654. The van der Waals surface area contributed by atoms with E-state index < -0.39 is 0 Å². The van der Waals surface area contributed by atoms with Gasteiger partial charge in [0.25, 0.3) is 0 Å². The first-order valence-electron chi connectivity index (χ1n) is 7.81. The molecule has 2 nitrogen and oxygen atoms in total. The molecule has 1 aromatic carbocycles. The van der Waals surface area contributed by atoms with Gasteiger partial charge in [0.05, 0.1) is 6.61 Å². The Balaban J connectivity index is 1.85. The van der Waals surface area contributed by atoms with Crippen molar-refractivity contribution < 1.29 is 4.74 Å². The van der Waals surface area contributed by atoms with Gasteiger partial charge in [-0.3, -0.25) is 0 Å². The van der Waals surface area contributed by atoms with Gasteiger partial charge in [-0.1, -0.05) is 33.1 Å². The Morgan fingerprint density at radius 1 is 1.16 bits per heavy atom. The van der Waals surface area contributed by atoms with Gasteiger partial charge in [-0.15, -0.1) is 0 Å². The van der Waals surface area contributed by atoms with Crippen molar-refractivity contribution in [2.45, 2.75) is 58.4 Å². The molecular weight excluding hydrogens is 234 g/mol. The van der Waals surface area contributed by atoms with Crippen molar-refractivity contribution in [1.82, 2.24) is 0 Å². The zero-order valence-electron chi connectivity index (χ0n) is 12.3. The molecule has 0 spiro atoms. The maximum absolute atomic E-state index is 5.61. The Morgan fingerprint density at radius 3 is 2.63 bits per heavy atom. The van der Waals surface area contributed by atoms with Crippen molar-refractivity contribution in [1.29, 1.82) is 0 Å². The molecule has 0 aliphatic heterocycles. The lowest BCUT2D eigenvalue weighted by atomic mass is 9.84. The van der Waals surface area contributed by atoms with Gasteiger partial charge >= 0.3 is 0 Å².